The predicted molar refractivity (Wildman–Crippen MR) is 73.2 cm³/mol. The first kappa shape index (κ1) is 11.9. The van der Waals surface area contributed by atoms with E-state index >= 15 is 0 Å². The fourth-order valence-corrected chi connectivity index (χ4v) is 2.38. The molecule has 1 aliphatic heterocycles. The van der Waals surface area contributed by atoms with E-state index in [9.17, 15) is 9.18 Å². The van der Waals surface area contributed by atoms with Gasteiger partial charge in [-0.15, -0.1) is 0 Å². The summed E-state index contributed by atoms with van der Waals surface area (Å²) >= 11 is 0. The lowest BCUT2D eigenvalue weighted by Gasteiger charge is -2.06. The van der Waals surface area contributed by atoms with Gasteiger partial charge in [0.2, 0.25) is 0 Å². The van der Waals surface area contributed by atoms with Gasteiger partial charge in [-0.1, -0.05) is 12.1 Å². The number of carbonyl (C=O) groups is 1. The molecule has 0 radical (unpaired) electrons. The fourth-order valence-electron chi connectivity index (χ4n) is 2.38. The van der Waals surface area contributed by atoms with Crippen LogP contribution in [0.25, 0.3) is 0 Å². The second kappa shape index (κ2) is 4.50. The van der Waals surface area contributed by atoms with E-state index in [0.717, 1.165) is 18.7 Å². The van der Waals surface area contributed by atoms with Gasteiger partial charge in [0.1, 0.15) is 5.82 Å². The molecule has 0 atom stereocenters. The van der Waals surface area contributed by atoms with E-state index in [4.69, 9.17) is 0 Å². The summed E-state index contributed by atoms with van der Waals surface area (Å²) in [5, 5.41) is 3.26. The SMILES string of the molecule is Cc1cc(C(=O)c2ccc3c(c2)NCC3)ccc1F. The highest BCUT2D eigenvalue weighted by Gasteiger charge is 2.15. The maximum Gasteiger partial charge on any atom is 0.193 e. The predicted octanol–water partition coefficient (Wildman–Crippen LogP) is 3.33. The lowest BCUT2D eigenvalue weighted by molar-refractivity contribution is 0.103. The molecule has 0 unspecified atom stereocenters. The lowest BCUT2D eigenvalue weighted by atomic mass is 9.99. The zero-order valence-corrected chi connectivity index (χ0v) is 10.7. The van der Waals surface area contributed by atoms with Crippen LogP contribution in [0.3, 0.4) is 0 Å². The number of anilines is 1. The van der Waals surface area contributed by atoms with Gasteiger partial charge in [0.15, 0.2) is 5.78 Å². The first-order valence-corrected chi connectivity index (χ1v) is 6.33. The minimum Gasteiger partial charge on any atom is -0.384 e. The van der Waals surface area contributed by atoms with Crippen LogP contribution in [0.4, 0.5) is 10.1 Å². The molecule has 2 nitrogen and oxygen atoms in total. The third-order valence-electron chi connectivity index (χ3n) is 3.50. The number of hydrogen-bond acceptors (Lipinski definition) is 2. The zero-order chi connectivity index (χ0) is 13.4. The summed E-state index contributed by atoms with van der Waals surface area (Å²) in [6, 6.07) is 10.2. The fraction of sp³-hybridized carbons (Fsp3) is 0.188. The number of benzene rings is 2. The number of nitrogens with one attached hydrogen (secondary N) is 1. The van der Waals surface area contributed by atoms with Crippen molar-refractivity contribution in [2.75, 3.05) is 11.9 Å². The van der Waals surface area contributed by atoms with Crippen molar-refractivity contribution < 1.29 is 9.18 Å². The van der Waals surface area contributed by atoms with Crippen molar-refractivity contribution in [2.24, 2.45) is 0 Å². The molecule has 1 N–H and O–H groups in total. The van der Waals surface area contributed by atoms with Gasteiger partial charge in [0.05, 0.1) is 0 Å². The summed E-state index contributed by atoms with van der Waals surface area (Å²) in [4.78, 5) is 12.4. The summed E-state index contributed by atoms with van der Waals surface area (Å²) in [5.41, 5.74) is 3.93. The second-order valence-corrected chi connectivity index (χ2v) is 4.84. The molecule has 0 amide bonds. The molecule has 1 heterocycles. The van der Waals surface area contributed by atoms with Gasteiger partial charge in [-0.05, 0) is 48.7 Å². The van der Waals surface area contributed by atoms with Gasteiger partial charge in [-0.25, -0.2) is 4.39 Å². The number of halogens is 1. The normalized spacial score (nSPS) is 12.9. The van der Waals surface area contributed by atoms with Crippen LogP contribution in [0.15, 0.2) is 36.4 Å². The van der Waals surface area contributed by atoms with Crippen LogP contribution in [0.2, 0.25) is 0 Å². The topological polar surface area (TPSA) is 29.1 Å². The summed E-state index contributed by atoms with van der Waals surface area (Å²) in [7, 11) is 0. The third-order valence-corrected chi connectivity index (χ3v) is 3.50. The molecular formula is C16H14FNO. The van der Waals surface area contributed by atoms with Gasteiger partial charge < -0.3 is 5.32 Å². The quantitative estimate of drug-likeness (QED) is 0.834. The Morgan fingerprint density at radius 1 is 1.16 bits per heavy atom. The Bertz CT molecular complexity index is 664. The van der Waals surface area contributed by atoms with E-state index in [0.29, 0.717) is 16.7 Å². The number of hydrogen-bond donors (Lipinski definition) is 1. The van der Waals surface area contributed by atoms with Crippen molar-refractivity contribution in [1.82, 2.24) is 0 Å². The van der Waals surface area contributed by atoms with Crippen LogP contribution in [-0.4, -0.2) is 12.3 Å². The maximum atomic E-state index is 13.2. The Morgan fingerprint density at radius 3 is 2.68 bits per heavy atom. The number of rotatable bonds is 2. The number of ketones is 1. The van der Waals surface area contributed by atoms with E-state index in [2.05, 4.69) is 5.32 Å². The zero-order valence-electron chi connectivity index (χ0n) is 10.7. The van der Waals surface area contributed by atoms with Gasteiger partial charge >= 0.3 is 0 Å². The largest absolute Gasteiger partial charge is 0.384 e. The highest BCUT2D eigenvalue weighted by molar-refractivity contribution is 6.09. The van der Waals surface area contributed by atoms with Gasteiger partial charge in [0.25, 0.3) is 0 Å². The van der Waals surface area contributed by atoms with Crippen LogP contribution in [0, 0.1) is 12.7 Å². The Morgan fingerprint density at radius 2 is 1.89 bits per heavy atom. The standard InChI is InChI=1S/C16H14FNO/c1-10-8-12(4-5-14(10)17)16(19)13-3-2-11-6-7-18-15(11)9-13/h2-5,8-9,18H,6-7H2,1H3. The molecule has 2 aromatic carbocycles. The minimum absolute atomic E-state index is 0.0698. The first-order chi connectivity index (χ1) is 9.15. The molecule has 0 saturated carbocycles. The molecule has 0 bridgehead atoms. The number of fused-ring (bicyclic) bond motifs is 1. The van der Waals surface area contributed by atoms with E-state index in [-0.39, 0.29) is 11.6 Å². The first-order valence-electron chi connectivity index (χ1n) is 6.33. The van der Waals surface area contributed by atoms with Gasteiger partial charge in [-0.2, -0.15) is 0 Å². The smallest absolute Gasteiger partial charge is 0.193 e. The summed E-state index contributed by atoms with van der Waals surface area (Å²) in [6.45, 7) is 2.58. The van der Waals surface area contributed by atoms with E-state index in [1.54, 1.807) is 13.0 Å². The molecule has 0 fully saturated rings. The third kappa shape index (κ3) is 2.12. The number of carbonyl (C=O) groups excluding carboxylic acids is 1. The monoisotopic (exact) mass is 255 g/mol. The van der Waals surface area contributed by atoms with E-state index in [1.165, 1.54) is 17.7 Å². The second-order valence-electron chi connectivity index (χ2n) is 4.84. The average molecular weight is 255 g/mol. The van der Waals surface area contributed by atoms with E-state index < -0.39 is 0 Å². The summed E-state index contributed by atoms with van der Waals surface area (Å²) in [5.74, 6) is -0.355. The van der Waals surface area contributed by atoms with Crippen LogP contribution in [0.1, 0.15) is 27.0 Å². The van der Waals surface area contributed by atoms with Crippen LogP contribution in [-0.2, 0) is 6.42 Å². The van der Waals surface area contributed by atoms with Crippen molar-refractivity contribution >= 4 is 11.5 Å². The highest BCUT2D eigenvalue weighted by Crippen LogP contribution is 2.24. The molecule has 0 saturated heterocycles. The van der Waals surface area contributed by atoms with Crippen LogP contribution < -0.4 is 5.32 Å². The molecule has 2 aromatic rings. The van der Waals surface area contributed by atoms with Crippen LogP contribution >= 0.6 is 0 Å². The molecule has 0 aromatic heterocycles. The lowest BCUT2D eigenvalue weighted by Crippen LogP contribution is -2.03. The van der Waals surface area contributed by atoms with E-state index in [1.807, 2.05) is 18.2 Å². The molecule has 3 rings (SSSR count). The Labute approximate surface area is 111 Å². The van der Waals surface area contributed by atoms with Crippen molar-refractivity contribution in [3.63, 3.8) is 0 Å². The molecule has 3 heteroatoms. The molecule has 1 aliphatic rings. The van der Waals surface area contributed by atoms with Crippen molar-refractivity contribution in [3.05, 3.63) is 64.5 Å². The molecule has 96 valence electrons. The summed E-state index contributed by atoms with van der Waals surface area (Å²) < 4.78 is 13.2. The minimum atomic E-state index is -0.285. The van der Waals surface area contributed by atoms with Gasteiger partial charge in [0, 0.05) is 23.4 Å². The Hall–Kier alpha value is -2.16. The molecular weight excluding hydrogens is 241 g/mol. The maximum absolute atomic E-state index is 13.2. The van der Waals surface area contributed by atoms with Gasteiger partial charge in [-0.3, -0.25) is 4.79 Å². The summed E-state index contributed by atoms with van der Waals surface area (Å²) in [6.07, 6.45) is 0.999. The van der Waals surface area contributed by atoms with Crippen molar-refractivity contribution in [3.8, 4) is 0 Å². The Balaban J connectivity index is 1.97. The number of aryl methyl sites for hydroxylation is 1. The Kier molecular flexibility index (Phi) is 2.82. The highest BCUT2D eigenvalue weighted by atomic mass is 19.1. The molecule has 19 heavy (non-hydrogen) atoms. The van der Waals surface area contributed by atoms with Crippen LogP contribution in [0.5, 0.6) is 0 Å². The molecule has 0 aliphatic carbocycles. The van der Waals surface area contributed by atoms with Crippen molar-refractivity contribution in [1.29, 1.82) is 0 Å². The average Bonchev–Trinajstić information content (AvgIpc) is 2.88. The molecule has 0 spiro atoms. The van der Waals surface area contributed by atoms with Crippen molar-refractivity contribution in [2.45, 2.75) is 13.3 Å².